The Morgan fingerprint density at radius 1 is 1.24 bits per heavy atom. The molecule has 2 heterocycles. The first-order valence-electron chi connectivity index (χ1n) is 7.94. The highest BCUT2D eigenvalue weighted by Crippen LogP contribution is 2.29. The van der Waals surface area contributed by atoms with Gasteiger partial charge in [0.1, 0.15) is 5.82 Å². The van der Waals surface area contributed by atoms with E-state index in [1.54, 1.807) is 4.90 Å². The molecule has 1 aliphatic heterocycles. The molecule has 0 aliphatic carbocycles. The van der Waals surface area contributed by atoms with E-state index in [4.69, 9.17) is 5.73 Å². The van der Waals surface area contributed by atoms with Gasteiger partial charge in [-0.15, -0.1) is 5.10 Å². The fourth-order valence-corrected chi connectivity index (χ4v) is 2.97. The topological polar surface area (TPSA) is 87.9 Å². The van der Waals surface area contributed by atoms with Crippen molar-refractivity contribution in [1.82, 2.24) is 20.1 Å². The number of aromatic nitrogens is 3. The van der Waals surface area contributed by atoms with Gasteiger partial charge in [-0.1, -0.05) is 12.1 Å². The lowest BCUT2D eigenvalue weighted by molar-refractivity contribution is -0.137. The Bertz CT molecular complexity index is 733. The molecule has 3 rings (SSSR count). The van der Waals surface area contributed by atoms with Crippen molar-refractivity contribution in [3.8, 4) is 0 Å². The van der Waals surface area contributed by atoms with Gasteiger partial charge in [-0.3, -0.25) is 9.89 Å². The number of nitrogen functional groups attached to an aromatic ring is 1. The van der Waals surface area contributed by atoms with Crippen LogP contribution in [0.15, 0.2) is 24.3 Å². The van der Waals surface area contributed by atoms with Crippen LogP contribution in [-0.2, 0) is 17.4 Å². The minimum absolute atomic E-state index is 0.0877. The Labute approximate surface area is 142 Å². The predicted octanol–water partition coefficient (Wildman–Crippen LogP) is 2.35. The van der Waals surface area contributed by atoms with E-state index in [9.17, 15) is 18.0 Å². The number of hydrogen-bond donors (Lipinski definition) is 2. The smallest absolute Gasteiger partial charge is 0.367 e. The molecule has 0 radical (unpaired) electrons. The monoisotopic (exact) mass is 353 g/mol. The third kappa shape index (κ3) is 4.09. The molecule has 0 unspecified atom stereocenters. The number of H-pyrrole nitrogens is 1. The van der Waals surface area contributed by atoms with E-state index in [2.05, 4.69) is 15.2 Å². The predicted molar refractivity (Wildman–Crippen MR) is 84.5 cm³/mol. The molecule has 0 spiro atoms. The van der Waals surface area contributed by atoms with E-state index in [0.29, 0.717) is 18.7 Å². The summed E-state index contributed by atoms with van der Waals surface area (Å²) in [7, 11) is 0. The second-order valence-electron chi connectivity index (χ2n) is 6.11. The Morgan fingerprint density at radius 2 is 1.88 bits per heavy atom. The Kier molecular flexibility index (Phi) is 4.65. The molecule has 6 nitrogen and oxygen atoms in total. The number of nitrogens with two attached hydrogens (primary N) is 1. The number of anilines is 1. The molecule has 1 aromatic heterocycles. The summed E-state index contributed by atoms with van der Waals surface area (Å²) in [4.78, 5) is 18.2. The van der Waals surface area contributed by atoms with Crippen molar-refractivity contribution in [2.24, 2.45) is 0 Å². The first kappa shape index (κ1) is 17.2. The van der Waals surface area contributed by atoms with Crippen LogP contribution in [0.3, 0.4) is 0 Å². The van der Waals surface area contributed by atoms with Crippen LogP contribution in [-0.4, -0.2) is 39.1 Å². The summed E-state index contributed by atoms with van der Waals surface area (Å²) in [6, 6.07) is 4.71. The van der Waals surface area contributed by atoms with E-state index in [1.165, 1.54) is 12.1 Å². The highest BCUT2D eigenvalue weighted by molar-refractivity contribution is 5.78. The molecule has 9 heteroatoms. The first-order chi connectivity index (χ1) is 11.8. The lowest BCUT2D eigenvalue weighted by atomic mass is 9.95. The number of aromatic amines is 1. The van der Waals surface area contributed by atoms with Crippen molar-refractivity contribution in [2.45, 2.75) is 31.4 Å². The lowest BCUT2D eigenvalue weighted by Gasteiger charge is -2.31. The third-order valence-corrected chi connectivity index (χ3v) is 4.39. The van der Waals surface area contributed by atoms with Crippen molar-refractivity contribution >= 4 is 11.9 Å². The summed E-state index contributed by atoms with van der Waals surface area (Å²) in [5, 5.41) is 6.60. The van der Waals surface area contributed by atoms with Crippen molar-refractivity contribution < 1.29 is 18.0 Å². The second-order valence-corrected chi connectivity index (χ2v) is 6.11. The van der Waals surface area contributed by atoms with Crippen LogP contribution in [0.4, 0.5) is 19.1 Å². The number of likely N-dealkylation sites (tertiary alicyclic amines) is 1. The molecule has 134 valence electrons. The van der Waals surface area contributed by atoms with Gasteiger partial charge in [-0.05, 0) is 30.5 Å². The lowest BCUT2D eigenvalue weighted by Crippen LogP contribution is -2.39. The number of alkyl halides is 3. The molecule has 1 saturated heterocycles. The summed E-state index contributed by atoms with van der Waals surface area (Å²) in [6.07, 6.45) is -2.78. The zero-order chi connectivity index (χ0) is 18.0. The molecular weight excluding hydrogens is 335 g/mol. The van der Waals surface area contributed by atoms with Gasteiger partial charge in [-0.2, -0.15) is 18.2 Å². The number of carbonyl (C=O) groups is 1. The van der Waals surface area contributed by atoms with E-state index in [-0.39, 0.29) is 24.2 Å². The molecule has 0 bridgehead atoms. The number of rotatable bonds is 3. The van der Waals surface area contributed by atoms with E-state index >= 15 is 0 Å². The fraction of sp³-hybridized carbons (Fsp3) is 0.438. The standard InChI is InChI=1S/C16H18F3N5O/c17-16(18,19)12-3-1-10(2-4-12)9-13(25)24-7-5-11(6-8-24)14-21-15(20)23-22-14/h1-4,11H,5-9H2,(H3,20,21,22,23). The summed E-state index contributed by atoms with van der Waals surface area (Å²) in [5.74, 6) is 1.03. The highest BCUT2D eigenvalue weighted by atomic mass is 19.4. The SMILES string of the molecule is Nc1n[nH]c(C2CCN(C(=O)Cc3ccc(C(F)(F)F)cc3)CC2)n1. The Balaban J connectivity index is 1.54. The van der Waals surface area contributed by atoms with Crippen LogP contribution < -0.4 is 5.73 Å². The number of nitrogens with one attached hydrogen (secondary N) is 1. The van der Waals surface area contributed by atoms with Gasteiger partial charge >= 0.3 is 6.18 Å². The quantitative estimate of drug-likeness (QED) is 0.887. The molecule has 25 heavy (non-hydrogen) atoms. The van der Waals surface area contributed by atoms with Crippen molar-refractivity contribution in [3.63, 3.8) is 0 Å². The Morgan fingerprint density at radius 3 is 2.40 bits per heavy atom. The molecule has 0 saturated carbocycles. The first-order valence-corrected chi connectivity index (χ1v) is 7.94. The van der Waals surface area contributed by atoms with Crippen LogP contribution >= 0.6 is 0 Å². The average Bonchev–Trinajstić information content (AvgIpc) is 3.01. The largest absolute Gasteiger partial charge is 0.416 e. The number of nitrogens with zero attached hydrogens (tertiary/aromatic N) is 3. The maximum atomic E-state index is 12.6. The highest BCUT2D eigenvalue weighted by Gasteiger charge is 2.30. The van der Waals surface area contributed by atoms with Gasteiger partial charge in [0.25, 0.3) is 0 Å². The molecular formula is C16H18F3N5O. The van der Waals surface area contributed by atoms with Crippen LogP contribution in [0.25, 0.3) is 0 Å². The fourth-order valence-electron chi connectivity index (χ4n) is 2.97. The zero-order valence-corrected chi connectivity index (χ0v) is 13.4. The molecule has 1 aliphatic rings. The number of benzene rings is 1. The van der Waals surface area contributed by atoms with Gasteiger partial charge in [0.2, 0.25) is 11.9 Å². The van der Waals surface area contributed by atoms with Crippen LogP contribution in [0, 0.1) is 0 Å². The molecule has 0 atom stereocenters. The Hall–Kier alpha value is -2.58. The summed E-state index contributed by atoms with van der Waals surface area (Å²) in [6.45, 7) is 1.15. The molecule has 1 fully saturated rings. The van der Waals surface area contributed by atoms with Crippen molar-refractivity contribution in [3.05, 3.63) is 41.2 Å². The van der Waals surface area contributed by atoms with Gasteiger partial charge < -0.3 is 10.6 Å². The summed E-state index contributed by atoms with van der Waals surface area (Å²) >= 11 is 0. The number of amides is 1. The molecule has 3 N–H and O–H groups in total. The third-order valence-electron chi connectivity index (χ3n) is 4.39. The summed E-state index contributed by atoms with van der Waals surface area (Å²) in [5.41, 5.74) is 5.36. The molecule has 1 aromatic carbocycles. The van der Waals surface area contributed by atoms with Gasteiger partial charge in [0.05, 0.1) is 12.0 Å². The number of halogens is 3. The average molecular weight is 353 g/mol. The number of hydrogen-bond acceptors (Lipinski definition) is 4. The van der Waals surface area contributed by atoms with Crippen molar-refractivity contribution in [2.75, 3.05) is 18.8 Å². The van der Waals surface area contributed by atoms with Crippen molar-refractivity contribution in [1.29, 1.82) is 0 Å². The van der Waals surface area contributed by atoms with Gasteiger partial charge in [0.15, 0.2) is 0 Å². The minimum atomic E-state index is -4.37. The van der Waals surface area contributed by atoms with E-state index in [1.807, 2.05) is 0 Å². The second kappa shape index (κ2) is 6.73. The zero-order valence-electron chi connectivity index (χ0n) is 13.4. The molecule has 2 aromatic rings. The molecule has 1 amide bonds. The van der Waals surface area contributed by atoms with Gasteiger partial charge in [-0.25, -0.2) is 0 Å². The maximum absolute atomic E-state index is 12.6. The van der Waals surface area contributed by atoms with Crippen LogP contribution in [0.1, 0.15) is 35.7 Å². The van der Waals surface area contributed by atoms with E-state index < -0.39 is 11.7 Å². The summed E-state index contributed by atoms with van der Waals surface area (Å²) < 4.78 is 37.7. The normalized spacial score (nSPS) is 16.2. The van der Waals surface area contributed by atoms with Crippen LogP contribution in [0.5, 0.6) is 0 Å². The maximum Gasteiger partial charge on any atom is 0.416 e. The van der Waals surface area contributed by atoms with Crippen LogP contribution in [0.2, 0.25) is 0 Å². The number of carbonyl (C=O) groups excluding carboxylic acids is 1. The number of piperidine rings is 1. The minimum Gasteiger partial charge on any atom is -0.367 e. The van der Waals surface area contributed by atoms with E-state index in [0.717, 1.165) is 30.8 Å². The van der Waals surface area contributed by atoms with Gasteiger partial charge in [0, 0.05) is 19.0 Å².